The van der Waals surface area contributed by atoms with Crippen LogP contribution < -0.4 is 0 Å². The Bertz CT molecular complexity index is 114. The number of hydrogen-bond donors (Lipinski definition) is 0. The van der Waals surface area contributed by atoms with Crippen molar-refractivity contribution in [1.82, 2.24) is 0 Å². The van der Waals surface area contributed by atoms with E-state index in [-0.39, 0.29) is 0 Å². The zero-order valence-electron chi connectivity index (χ0n) is 5.98. The Kier molecular flexibility index (Phi) is 3.74. The summed E-state index contributed by atoms with van der Waals surface area (Å²) < 4.78 is 54.1. The van der Waals surface area contributed by atoms with Gasteiger partial charge in [0.15, 0.2) is 6.29 Å². The summed E-state index contributed by atoms with van der Waals surface area (Å²) in [6.07, 6.45) is -9.46. The Morgan fingerprint density at radius 1 is 1.27 bits per heavy atom. The van der Waals surface area contributed by atoms with E-state index >= 15 is 0 Å². The van der Waals surface area contributed by atoms with Crippen molar-refractivity contribution in [3.63, 3.8) is 0 Å². The molecular weight excluding hydrogens is 168 g/mol. The summed E-state index contributed by atoms with van der Waals surface area (Å²) in [4.78, 5) is 0. The Morgan fingerprint density at radius 2 is 1.73 bits per heavy atom. The highest BCUT2D eigenvalue weighted by molar-refractivity contribution is 4.53. The van der Waals surface area contributed by atoms with Gasteiger partial charge in [-0.1, -0.05) is 0 Å². The molecule has 2 atom stereocenters. The SMILES string of the molecule is COC(C)OC(F)C(F)(F)F. The molecule has 0 bridgehead atoms. The highest BCUT2D eigenvalue weighted by Gasteiger charge is 2.42. The second-order valence-electron chi connectivity index (χ2n) is 1.80. The van der Waals surface area contributed by atoms with Crippen molar-refractivity contribution in [2.24, 2.45) is 0 Å². The predicted molar refractivity (Wildman–Crippen MR) is 28.5 cm³/mol. The molecule has 0 aliphatic heterocycles. The highest BCUT2D eigenvalue weighted by atomic mass is 19.4. The van der Waals surface area contributed by atoms with Gasteiger partial charge in [0.2, 0.25) is 0 Å². The Hall–Kier alpha value is -0.360. The lowest BCUT2D eigenvalue weighted by atomic mass is 10.6. The number of rotatable bonds is 3. The summed E-state index contributed by atoms with van der Waals surface area (Å²) in [6, 6.07) is 0. The summed E-state index contributed by atoms with van der Waals surface area (Å²) >= 11 is 0. The van der Waals surface area contributed by atoms with Gasteiger partial charge in [0.1, 0.15) is 0 Å². The van der Waals surface area contributed by atoms with Crippen molar-refractivity contribution in [1.29, 1.82) is 0 Å². The Balaban J connectivity index is 3.77. The van der Waals surface area contributed by atoms with Crippen LogP contribution in [0.2, 0.25) is 0 Å². The first-order chi connectivity index (χ1) is 4.88. The standard InChI is InChI=1S/C5H8F4O2/c1-3(10-2)11-4(6)5(7,8)9/h3-4H,1-2H3. The monoisotopic (exact) mass is 176 g/mol. The molecule has 0 radical (unpaired) electrons. The Labute approximate surface area is 61.1 Å². The second-order valence-corrected chi connectivity index (χ2v) is 1.80. The molecule has 2 nitrogen and oxygen atoms in total. The maximum atomic E-state index is 11.9. The number of hydrogen-bond acceptors (Lipinski definition) is 2. The van der Waals surface area contributed by atoms with Crippen LogP contribution in [0.1, 0.15) is 6.92 Å². The predicted octanol–water partition coefficient (Wildman–Crippen LogP) is 1.85. The molecule has 0 saturated heterocycles. The minimum Gasteiger partial charge on any atom is -0.356 e. The van der Waals surface area contributed by atoms with Crippen LogP contribution >= 0.6 is 0 Å². The van der Waals surface area contributed by atoms with E-state index in [2.05, 4.69) is 9.47 Å². The maximum Gasteiger partial charge on any atom is 0.445 e. The van der Waals surface area contributed by atoms with Gasteiger partial charge < -0.3 is 9.47 Å². The van der Waals surface area contributed by atoms with Crippen molar-refractivity contribution < 1.29 is 27.0 Å². The van der Waals surface area contributed by atoms with Crippen molar-refractivity contribution in [3.05, 3.63) is 0 Å². The number of halogens is 4. The van der Waals surface area contributed by atoms with E-state index in [0.29, 0.717) is 0 Å². The fourth-order valence-corrected chi connectivity index (χ4v) is 0.301. The van der Waals surface area contributed by atoms with Crippen LogP contribution in [0.4, 0.5) is 17.6 Å². The zero-order valence-corrected chi connectivity index (χ0v) is 5.98. The largest absolute Gasteiger partial charge is 0.445 e. The van der Waals surface area contributed by atoms with Crippen LogP contribution in [-0.4, -0.2) is 25.9 Å². The molecule has 0 rings (SSSR count). The summed E-state index contributed by atoms with van der Waals surface area (Å²) in [7, 11) is 1.12. The first-order valence-corrected chi connectivity index (χ1v) is 2.77. The molecule has 0 spiro atoms. The minimum atomic E-state index is -4.98. The molecule has 0 aliphatic carbocycles. The molecule has 6 heteroatoms. The summed E-state index contributed by atoms with van der Waals surface area (Å²) in [5.74, 6) is 0. The van der Waals surface area contributed by atoms with E-state index in [0.717, 1.165) is 7.11 Å². The van der Waals surface area contributed by atoms with Crippen molar-refractivity contribution >= 4 is 0 Å². The zero-order chi connectivity index (χ0) is 9.07. The van der Waals surface area contributed by atoms with Gasteiger partial charge in [0.05, 0.1) is 0 Å². The van der Waals surface area contributed by atoms with Gasteiger partial charge in [-0.25, -0.2) is 4.39 Å². The van der Waals surface area contributed by atoms with Crippen LogP contribution in [0.3, 0.4) is 0 Å². The van der Waals surface area contributed by atoms with Gasteiger partial charge in [0.25, 0.3) is 6.36 Å². The first-order valence-electron chi connectivity index (χ1n) is 2.77. The van der Waals surface area contributed by atoms with E-state index in [1.165, 1.54) is 6.92 Å². The fourth-order valence-electron chi connectivity index (χ4n) is 0.301. The van der Waals surface area contributed by atoms with E-state index in [1.807, 2.05) is 0 Å². The summed E-state index contributed by atoms with van der Waals surface area (Å²) in [5.41, 5.74) is 0. The van der Waals surface area contributed by atoms with Gasteiger partial charge in [-0.05, 0) is 6.92 Å². The lowest BCUT2D eigenvalue weighted by Gasteiger charge is -2.16. The topological polar surface area (TPSA) is 18.5 Å². The molecule has 0 fully saturated rings. The summed E-state index contributed by atoms with van der Waals surface area (Å²) in [5, 5.41) is 0. The van der Waals surface area contributed by atoms with Crippen molar-refractivity contribution in [2.75, 3.05) is 7.11 Å². The molecule has 0 saturated carbocycles. The van der Waals surface area contributed by atoms with E-state index in [9.17, 15) is 17.6 Å². The average molecular weight is 176 g/mol. The lowest BCUT2D eigenvalue weighted by molar-refractivity contribution is -0.303. The molecule has 11 heavy (non-hydrogen) atoms. The molecule has 0 aromatic rings. The number of ether oxygens (including phenoxy) is 2. The van der Waals surface area contributed by atoms with Gasteiger partial charge in [0, 0.05) is 7.11 Å². The van der Waals surface area contributed by atoms with E-state index in [1.54, 1.807) is 0 Å². The van der Waals surface area contributed by atoms with Crippen LogP contribution in [0.15, 0.2) is 0 Å². The number of alkyl halides is 4. The van der Waals surface area contributed by atoms with Crippen LogP contribution in [-0.2, 0) is 9.47 Å². The minimum absolute atomic E-state index is 1.12. The van der Waals surface area contributed by atoms with E-state index in [4.69, 9.17) is 0 Å². The normalized spacial score (nSPS) is 18.0. The maximum absolute atomic E-state index is 11.9. The summed E-state index contributed by atoms with van der Waals surface area (Å²) in [6.45, 7) is 1.16. The van der Waals surface area contributed by atoms with Gasteiger partial charge in [-0.2, -0.15) is 13.2 Å². The highest BCUT2D eigenvalue weighted by Crippen LogP contribution is 2.24. The van der Waals surface area contributed by atoms with Crippen molar-refractivity contribution in [3.8, 4) is 0 Å². The molecule has 0 aliphatic rings. The molecule has 0 aromatic heterocycles. The average Bonchev–Trinajstić information content (AvgIpc) is 1.85. The van der Waals surface area contributed by atoms with Gasteiger partial charge >= 0.3 is 6.18 Å². The quantitative estimate of drug-likeness (QED) is 0.482. The third kappa shape index (κ3) is 4.15. The van der Waals surface area contributed by atoms with Crippen molar-refractivity contribution in [2.45, 2.75) is 25.7 Å². The second kappa shape index (κ2) is 3.87. The number of methoxy groups -OCH3 is 1. The van der Waals surface area contributed by atoms with Crippen LogP contribution in [0, 0.1) is 0 Å². The molecule has 2 unspecified atom stereocenters. The molecule has 68 valence electrons. The Morgan fingerprint density at radius 3 is 2.00 bits per heavy atom. The third-order valence-corrected chi connectivity index (χ3v) is 0.900. The van der Waals surface area contributed by atoms with Gasteiger partial charge in [-0.3, -0.25) is 0 Å². The fraction of sp³-hybridized carbons (Fsp3) is 1.00. The third-order valence-electron chi connectivity index (χ3n) is 0.900. The van der Waals surface area contributed by atoms with Gasteiger partial charge in [-0.15, -0.1) is 0 Å². The molecule has 0 heterocycles. The smallest absolute Gasteiger partial charge is 0.356 e. The lowest BCUT2D eigenvalue weighted by Crippen LogP contribution is -2.31. The molecule has 0 aromatic carbocycles. The molecule has 0 N–H and O–H groups in total. The molecule has 0 amide bonds. The first kappa shape index (κ1) is 10.6. The van der Waals surface area contributed by atoms with Crippen LogP contribution in [0.25, 0.3) is 0 Å². The van der Waals surface area contributed by atoms with Crippen LogP contribution in [0.5, 0.6) is 0 Å². The molecular formula is C5H8F4O2. The van der Waals surface area contributed by atoms with E-state index < -0.39 is 18.8 Å².